The molecule has 4 heterocycles. The number of aryl methyl sites for hydroxylation is 1. The number of hydrogen-bond donors (Lipinski definition) is 1. The summed E-state index contributed by atoms with van der Waals surface area (Å²) in [5.41, 5.74) is -0.285. The summed E-state index contributed by atoms with van der Waals surface area (Å²) in [6.07, 6.45) is -1.86. The third-order valence-electron chi connectivity index (χ3n) is 5.84. The standard InChI is InChI=1S/C24H21F3N6O3/c1-14-31-32-23(35-14)16-9-11-33(12-10-16)18-8-7-17(13-28-18)29-21(34)19-20(24(25,26)27)36-22(30-19)15-5-3-2-4-6-15/h2-8,13,16H,9-12H2,1H3,(H,29,34). The van der Waals surface area contributed by atoms with Gasteiger partial charge in [-0.2, -0.15) is 13.2 Å². The number of nitrogens with zero attached hydrogens (tertiary/aromatic N) is 5. The molecule has 5 rings (SSSR count). The summed E-state index contributed by atoms with van der Waals surface area (Å²) < 4.78 is 51.0. The fraction of sp³-hybridized carbons (Fsp3) is 0.292. The lowest BCUT2D eigenvalue weighted by Gasteiger charge is -2.31. The maximum Gasteiger partial charge on any atom is 0.452 e. The second-order valence-corrected chi connectivity index (χ2v) is 8.34. The number of aromatic nitrogens is 4. The summed E-state index contributed by atoms with van der Waals surface area (Å²) in [7, 11) is 0. The smallest absolute Gasteiger partial charge is 0.431 e. The van der Waals surface area contributed by atoms with Crippen molar-refractivity contribution in [3.05, 3.63) is 71.9 Å². The lowest BCUT2D eigenvalue weighted by atomic mass is 9.97. The average Bonchev–Trinajstić information content (AvgIpc) is 3.52. The van der Waals surface area contributed by atoms with Gasteiger partial charge in [0.15, 0.2) is 5.69 Å². The van der Waals surface area contributed by atoms with Crippen LogP contribution in [0.25, 0.3) is 11.5 Å². The monoisotopic (exact) mass is 498 g/mol. The number of benzene rings is 1. The minimum absolute atomic E-state index is 0.187. The van der Waals surface area contributed by atoms with E-state index in [1.165, 1.54) is 6.20 Å². The van der Waals surface area contributed by atoms with Gasteiger partial charge >= 0.3 is 6.18 Å². The van der Waals surface area contributed by atoms with E-state index in [1.54, 1.807) is 49.4 Å². The predicted octanol–water partition coefficient (Wildman–Crippen LogP) is 5.08. The van der Waals surface area contributed by atoms with Gasteiger partial charge in [0.1, 0.15) is 5.82 Å². The zero-order chi connectivity index (χ0) is 25.3. The molecule has 1 N–H and O–H groups in total. The number of halogens is 3. The van der Waals surface area contributed by atoms with Crippen LogP contribution in [0.2, 0.25) is 0 Å². The van der Waals surface area contributed by atoms with E-state index in [4.69, 9.17) is 8.83 Å². The zero-order valence-corrected chi connectivity index (χ0v) is 19.1. The Kier molecular flexibility index (Phi) is 6.17. The highest BCUT2D eigenvalue weighted by atomic mass is 19.4. The molecule has 3 aromatic heterocycles. The summed E-state index contributed by atoms with van der Waals surface area (Å²) in [4.78, 5) is 23.0. The van der Waals surface area contributed by atoms with Crippen molar-refractivity contribution >= 4 is 17.4 Å². The molecule has 1 aliphatic rings. The molecule has 36 heavy (non-hydrogen) atoms. The number of oxazole rings is 1. The van der Waals surface area contributed by atoms with Crippen molar-refractivity contribution in [2.24, 2.45) is 0 Å². The van der Waals surface area contributed by atoms with E-state index in [0.717, 1.165) is 25.9 Å². The minimum Gasteiger partial charge on any atom is -0.431 e. The number of anilines is 2. The normalized spacial score (nSPS) is 14.7. The maximum atomic E-state index is 13.5. The first-order valence-corrected chi connectivity index (χ1v) is 11.2. The van der Waals surface area contributed by atoms with E-state index >= 15 is 0 Å². The highest BCUT2D eigenvalue weighted by molar-refractivity contribution is 6.04. The molecule has 12 heteroatoms. The lowest BCUT2D eigenvalue weighted by molar-refractivity contribution is -0.153. The second-order valence-electron chi connectivity index (χ2n) is 8.34. The number of nitrogens with one attached hydrogen (secondary N) is 1. The summed E-state index contributed by atoms with van der Waals surface area (Å²) in [5, 5.41) is 10.4. The van der Waals surface area contributed by atoms with E-state index in [9.17, 15) is 18.0 Å². The third-order valence-corrected chi connectivity index (χ3v) is 5.84. The van der Waals surface area contributed by atoms with E-state index in [2.05, 4.69) is 30.4 Å². The molecule has 0 atom stereocenters. The van der Waals surface area contributed by atoms with E-state index < -0.39 is 23.5 Å². The van der Waals surface area contributed by atoms with Gasteiger partial charge in [-0.3, -0.25) is 4.79 Å². The molecule has 1 aromatic carbocycles. The summed E-state index contributed by atoms with van der Waals surface area (Å²) >= 11 is 0. The van der Waals surface area contributed by atoms with Crippen molar-refractivity contribution in [3.8, 4) is 11.5 Å². The van der Waals surface area contributed by atoms with Crippen LogP contribution in [0.1, 0.15) is 46.8 Å². The first kappa shape index (κ1) is 23.5. The van der Waals surface area contributed by atoms with Gasteiger partial charge in [-0.15, -0.1) is 10.2 Å². The molecular formula is C24H21F3N6O3. The van der Waals surface area contributed by atoms with Crippen LogP contribution in [-0.4, -0.2) is 39.2 Å². The van der Waals surface area contributed by atoms with Gasteiger partial charge in [-0.1, -0.05) is 18.2 Å². The lowest BCUT2D eigenvalue weighted by Crippen LogP contribution is -2.33. The van der Waals surface area contributed by atoms with Crippen molar-refractivity contribution in [1.82, 2.24) is 20.2 Å². The Bertz CT molecular complexity index is 1340. The number of carbonyl (C=O) groups excluding carboxylic acids is 1. The number of rotatable bonds is 5. The Morgan fingerprint density at radius 1 is 1.06 bits per heavy atom. The molecule has 0 bridgehead atoms. The fourth-order valence-corrected chi connectivity index (χ4v) is 4.04. The number of carbonyl (C=O) groups is 1. The van der Waals surface area contributed by atoms with Crippen LogP contribution in [-0.2, 0) is 6.18 Å². The third kappa shape index (κ3) is 4.92. The molecule has 1 amide bonds. The SMILES string of the molecule is Cc1nnc(C2CCN(c3ccc(NC(=O)c4nc(-c5ccccc5)oc4C(F)(F)F)cn3)CC2)o1. The van der Waals surface area contributed by atoms with Gasteiger partial charge in [-0.05, 0) is 37.1 Å². The first-order valence-electron chi connectivity index (χ1n) is 11.2. The van der Waals surface area contributed by atoms with Crippen molar-refractivity contribution in [1.29, 1.82) is 0 Å². The van der Waals surface area contributed by atoms with Crippen molar-refractivity contribution in [3.63, 3.8) is 0 Å². The molecule has 0 radical (unpaired) electrons. The van der Waals surface area contributed by atoms with E-state index in [-0.39, 0.29) is 17.5 Å². The van der Waals surface area contributed by atoms with Gasteiger partial charge in [0.25, 0.3) is 5.91 Å². The first-order chi connectivity index (χ1) is 17.3. The Morgan fingerprint density at radius 2 is 1.81 bits per heavy atom. The van der Waals surface area contributed by atoms with Crippen LogP contribution in [0.4, 0.5) is 24.7 Å². The molecule has 1 fully saturated rings. The van der Waals surface area contributed by atoms with Crippen molar-refractivity contribution in [2.45, 2.75) is 31.9 Å². The zero-order valence-electron chi connectivity index (χ0n) is 19.1. The quantitative estimate of drug-likeness (QED) is 0.406. The highest BCUT2D eigenvalue weighted by Gasteiger charge is 2.42. The van der Waals surface area contributed by atoms with Crippen molar-refractivity contribution in [2.75, 3.05) is 23.3 Å². The molecule has 1 saturated heterocycles. The molecule has 186 valence electrons. The maximum absolute atomic E-state index is 13.5. The number of pyridine rings is 1. The fourth-order valence-electron chi connectivity index (χ4n) is 4.04. The van der Waals surface area contributed by atoms with E-state index in [1.807, 2.05) is 0 Å². The second kappa shape index (κ2) is 9.44. The summed E-state index contributed by atoms with van der Waals surface area (Å²) in [5.74, 6) is -0.735. The summed E-state index contributed by atoms with van der Waals surface area (Å²) in [6, 6.07) is 11.3. The molecule has 0 aliphatic carbocycles. The molecule has 0 unspecified atom stereocenters. The number of hydrogen-bond acceptors (Lipinski definition) is 8. The Morgan fingerprint density at radius 3 is 2.42 bits per heavy atom. The number of alkyl halides is 3. The minimum atomic E-state index is -4.89. The Labute approximate surface area is 203 Å². The van der Waals surface area contributed by atoms with Gasteiger partial charge < -0.3 is 19.1 Å². The van der Waals surface area contributed by atoms with Gasteiger partial charge in [0.2, 0.25) is 23.4 Å². The van der Waals surface area contributed by atoms with Crippen LogP contribution in [0, 0.1) is 6.92 Å². The highest BCUT2D eigenvalue weighted by Crippen LogP contribution is 2.35. The van der Waals surface area contributed by atoms with Crippen LogP contribution in [0.5, 0.6) is 0 Å². The molecule has 0 saturated carbocycles. The topological polar surface area (TPSA) is 110 Å². The number of piperidine rings is 1. The average molecular weight is 498 g/mol. The Balaban J connectivity index is 1.27. The molecule has 4 aromatic rings. The largest absolute Gasteiger partial charge is 0.452 e. The molecule has 9 nitrogen and oxygen atoms in total. The predicted molar refractivity (Wildman–Crippen MR) is 122 cm³/mol. The van der Waals surface area contributed by atoms with Crippen molar-refractivity contribution < 1.29 is 26.8 Å². The molecule has 0 spiro atoms. The van der Waals surface area contributed by atoms with Crippen LogP contribution < -0.4 is 10.2 Å². The molecule has 1 aliphatic heterocycles. The van der Waals surface area contributed by atoms with Crippen LogP contribution >= 0.6 is 0 Å². The van der Waals surface area contributed by atoms with Crippen LogP contribution in [0.15, 0.2) is 57.5 Å². The number of amides is 1. The molecular weight excluding hydrogens is 477 g/mol. The van der Waals surface area contributed by atoms with Gasteiger partial charge in [0, 0.05) is 31.5 Å². The van der Waals surface area contributed by atoms with E-state index in [0.29, 0.717) is 23.2 Å². The van der Waals surface area contributed by atoms with Crippen LogP contribution in [0.3, 0.4) is 0 Å². The Hall–Kier alpha value is -4.22. The van der Waals surface area contributed by atoms with Gasteiger partial charge in [-0.25, -0.2) is 9.97 Å². The summed E-state index contributed by atoms with van der Waals surface area (Å²) in [6.45, 7) is 3.20. The van der Waals surface area contributed by atoms with Gasteiger partial charge in [0.05, 0.1) is 11.9 Å².